The highest BCUT2D eigenvalue weighted by molar-refractivity contribution is 9.10. The van der Waals surface area contributed by atoms with Gasteiger partial charge in [-0.1, -0.05) is 28.1 Å². The third-order valence-electron chi connectivity index (χ3n) is 3.29. The molecule has 0 spiro atoms. The van der Waals surface area contributed by atoms with Gasteiger partial charge in [-0.25, -0.2) is 9.18 Å². The van der Waals surface area contributed by atoms with Crippen LogP contribution in [0.5, 0.6) is 0 Å². The van der Waals surface area contributed by atoms with Crippen LogP contribution in [0.4, 0.5) is 4.39 Å². The van der Waals surface area contributed by atoms with Gasteiger partial charge in [0.25, 0.3) is 0 Å². The van der Waals surface area contributed by atoms with Crippen molar-refractivity contribution in [2.75, 3.05) is 0 Å². The quantitative estimate of drug-likeness (QED) is 0.767. The van der Waals surface area contributed by atoms with Crippen molar-refractivity contribution >= 4 is 32.8 Å². The summed E-state index contributed by atoms with van der Waals surface area (Å²) >= 11 is 3.26. The molecule has 1 N–H and O–H groups in total. The molecule has 0 saturated carbocycles. The fraction of sp³-hybridized carbons (Fsp3) is 0.0625. The lowest BCUT2D eigenvalue weighted by atomic mass is 10.1. The molecule has 106 valence electrons. The molecule has 0 aliphatic rings. The highest BCUT2D eigenvalue weighted by Gasteiger charge is 2.12. The Balaban J connectivity index is 2.10. The summed E-state index contributed by atoms with van der Waals surface area (Å²) in [6.07, 6.45) is 1.82. The van der Waals surface area contributed by atoms with E-state index in [-0.39, 0.29) is 11.4 Å². The maximum atomic E-state index is 13.4. The molecule has 0 amide bonds. The Labute approximate surface area is 128 Å². The summed E-state index contributed by atoms with van der Waals surface area (Å²) in [7, 11) is 0. The fourth-order valence-corrected chi connectivity index (χ4v) is 2.98. The summed E-state index contributed by atoms with van der Waals surface area (Å²) in [6, 6.07) is 11.7. The van der Waals surface area contributed by atoms with E-state index in [0.29, 0.717) is 16.5 Å². The zero-order chi connectivity index (χ0) is 15.0. The second kappa shape index (κ2) is 5.33. The van der Waals surface area contributed by atoms with Crippen LogP contribution in [0.25, 0.3) is 10.9 Å². The van der Waals surface area contributed by atoms with Gasteiger partial charge in [-0.2, -0.15) is 0 Å². The minimum absolute atomic E-state index is 0.243. The van der Waals surface area contributed by atoms with Crippen molar-refractivity contribution in [2.24, 2.45) is 0 Å². The van der Waals surface area contributed by atoms with Gasteiger partial charge in [0.05, 0.1) is 11.1 Å². The number of carboxylic acids is 1. The maximum absolute atomic E-state index is 13.4. The first-order valence-corrected chi connectivity index (χ1v) is 7.10. The number of fused-ring (bicyclic) bond motifs is 1. The smallest absolute Gasteiger partial charge is 0.337 e. The molecule has 0 aliphatic heterocycles. The molecule has 5 heteroatoms. The van der Waals surface area contributed by atoms with Crippen LogP contribution in [0.3, 0.4) is 0 Å². The fourth-order valence-electron chi connectivity index (χ4n) is 2.46. The van der Waals surface area contributed by atoms with Crippen LogP contribution in [0.1, 0.15) is 15.9 Å². The maximum Gasteiger partial charge on any atom is 0.337 e. The molecule has 1 aromatic heterocycles. The van der Waals surface area contributed by atoms with Crippen LogP contribution in [0, 0.1) is 5.82 Å². The molecule has 0 aliphatic carbocycles. The molecule has 3 rings (SSSR count). The number of hydrogen-bond donors (Lipinski definition) is 1. The SMILES string of the molecule is O=C(O)c1cccc2ccn(Cc3cc(F)cc(Br)c3)c12. The van der Waals surface area contributed by atoms with Gasteiger partial charge in [0.2, 0.25) is 0 Å². The van der Waals surface area contributed by atoms with E-state index in [1.54, 1.807) is 12.1 Å². The molecule has 1 heterocycles. The lowest BCUT2D eigenvalue weighted by Crippen LogP contribution is -2.04. The zero-order valence-corrected chi connectivity index (χ0v) is 12.5. The summed E-state index contributed by atoms with van der Waals surface area (Å²) in [4.78, 5) is 11.3. The molecule has 0 bridgehead atoms. The van der Waals surface area contributed by atoms with Crippen molar-refractivity contribution in [1.29, 1.82) is 0 Å². The Kier molecular flexibility index (Phi) is 3.51. The topological polar surface area (TPSA) is 42.2 Å². The number of carbonyl (C=O) groups is 1. The second-order valence-corrected chi connectivity index (χ2v) is 5.69. The zero-order valence-electron chi connectivity index (χ0n) is 10.9. The number of para-hydroxylation sites is 1. The number of halogens is 2. The largest absolute Gasteiger partial charge is 0.478 e. The number of hydrogen-bond acceptors (Lipinski definition) is 1. The average Bonchev–Trinajstić information content (AvgIpc) is 2.80. The Morgan fingerprint density at radius 1 is 1.24 bits per heavy atom. The first-order valence-electron chi connectivity index (χ1n) is 6.31. The lowest BCUT2D eigenvalue weighted by molar-refractivity contribution is 0.0698. The first-order chi connectivity index (χ1) is 10.0. The monoisotopic (exact) mass is 347 g/mol. The molecular formula is C16H11BrFNO2. The summed E-state index contributed by atoms with van der Waals surface area (Å²) < 4.78 is 15.9. The Morgan fingerprint density at radius 2 is 2.05 bits per heavy atom. The minimum Gasteiger partial charge on any atom is -0.478 e. The molecule has 0 radical (unpaired) electrons. The number of nitrogens with zero attached hydrogens (tertiary/aromatic N) is 1. The molecule has 3 aromatic rings. The predicted molar refractivity (Wildman–Crippen MR) is 82.1 cm³/mol. The van der Waals surface area contributed by atoms with Gasteiger partial charge >= 0.3 is 5.97 Å². The van der Waals surface area contributed by atoms with Crippen LogP contribution in [-0.2, 0) is 6.54 Å². The van der Waals surface area contributed by atoms with Gasteiger partial charge in [-0.05, 0) is 35.9 Å². The third-order valence-corrected chi connectivity index (χ3v) is 3.75. The number of rotatable bonds is 3. The van der Waals surface area contributed by atoms with E-state index in [9.17, 15) is 14.3 Å². The van der Waals surface area contributed by atoms with Crippen molar-refractivity contribution in [3.05, 3.63) is 70.1 Å². The van der Waals surface area contributed by atoms with Gasteiger partial charge in [-0.3, -0.25) is 0 Å². The molecule has 21 heavy (non-hydrogen) atoms. The van der Waals surface area contributed by atoms with Gasteiger partial charge < -0.3 is 9.67 Å². The molecule has 0 atom stereocenters. The molecule has 0 unspecified atom stereocenters. The van der Waals surface area contributed by atoms with Gasteiger partial charge in [-0.15, -0.1) is 0 Å². The van der Waals surface area contributed by atoms with Crippen molar-refractivity contribution in [1.82, 2.24) is 4.57 Å². The Hall–Kier alpha value is -2.14. The van der Waals surface area contributed by atoms with E-state index in [0.717, 1.165) is 10.9 Å². The van der Waals surface area contributed by atoms with Crippen LogP contribution in [0.15, 0.2) is 53.1 Å². The van der Waals surface area contributed by atoms with Crippen LogP contribution < -0.4 is 0 Å². The van der Waals surface area contributed by atoms with E-state index in [1.165, 1.54) is 12.1 Å². The second-order valence-electron chi connectivity index (χ2n) is 4.77. The van der Waals surface area contributed by atoms with E-state index in [4.69, 9.17) is 0 Å². The molecule has 0 fully saturated rings. The van der Waals surface area contributed by atoms with Crippen LogP contribution in [0.2, 0.25) is 0 Å². The van der Waals surface area contributed by atoms with Gasteiger partial charge in [0.15, 0.2) is 0 Å². The first kappa shape index (κ1) is 13.8. The summed E-state index contributed by atoms with van der Waals surface area (Å²) in [5.74, 6) is -1.30. The van der Waals surface area contributed by atoms with Gasteiger partial charge in [0, 0.05) is 22.6 Å². The van der Waals surface area contributed by atoms with Crippen molar-refractivity contribution in [3.8, 4) is 0 Å². The van der Waals surface area contributed by atoms with Crippen molar-refractivity contribution in [3.63, 3.8) is 0 Å². The highest BCUT2D eigenvalue weighted by Crippen LogP contribution is 2.23. The summed E-state index contributed by atoms with van der Waals surface area (Å²) in [5, 5.41) is 10.2. The van der Waals surface area contributed by atoms with Gasteiger partial charge in [0.1, 0.15) is 5.82 Å². The average molecular weight is 348 g/mol. The molecular weight excluding hydrogens is 337 g/mol. The third kappa shape index (κ3) is 2.69. The Morgan fingerprint density at radius 3 is 2.76 bits per heavy atom. The normalized spacial score (nSPS) is 11.0. The minimum atomic E-state index is -0.971. The number of aromatic carboxylic acids is 1. The van der Waals surface area contributed by atoms with Crippen molar-refractivity contribution < 1.29 is 14.3 Å². The molecule has 2 aromatic carbocycles. The predicted octanol–water partition coefficient (Wildman–Crippen LogP) is 4.29. The van der Waals surface area contributed by atoms with Crippen molar-refractivity contribution in [2.45, 2.75) is 6.54 Å². The highest BCUT2D eigenvalue weighted by atomic mass is 79.9. The standard InChI is InChI=1S/C16H11BrFNO2/c17-12-6-10(7-13(18)8-12)9-19-5-4-11-2-1-3-14(15(11)19)16(20)21/h1-8H,9H2,(H,20,21). The summed E-state index contributed by atoms with van der Waals surface area (Å²) in [5.41, 5.74) is 1.65. The Bertz CT molecular complexity index is 821. The number of carboxylic acid groups (broad SMARTS) is 1. The summed E-state index contributed by atoms with van der Waals surface area (Å²) in [6.45, 7) is 0.407. The molecule has 3 nitrogen and oxygen atoms in total. The van der Waals surface area contributed by atoms with E-state index >= 15 is 0 Å². The van der Waals surface area contributed by atoms with Crippen LogP contribution in [-0.4, -0.2) is 15.6 Å². The lowest BCUT2D eigenvalue weighted by Gasteiger charge is -2.08. The number of benzene rings is 2. The number of aromatic nitrogens is 1. The van der Waals surface area contributed by atoms with E-state index in [2.05, 4.69) is 15.9 Å². The molecule has 0 saturated heterocycles. The van der Waals surface area contributed by atoms with Crippen LogP contribution >= 0.6 is 15.9 Å². The van der Waals surface area contributed by atoms with E-state index in [1.807, 2.05) is 29.0 Å². The van der Waals surface area contributed by atoms with E-state index < -0.39 is 5.97 Å².